The molecule has 1 aromatic carbocycles. The highest BCUT2D eigenvalue weighted by Gasteiger charge is 2.25. The van der Waals surface area contributed by atoms with Crippen LogP contribution in [0.15, 0.2) is 36.4 Å². The van der Waals surface area contributed by atoms with Crippen molar-refractivity contribution in [2.75, 3.05) is 51.4 Å². The number of thiophene rings is 1. The molecule has 4 rings (SSSR count). The van der Waals surface area contributed by atoms with E-state index in [1.807, 2.05) is 31.3 Å². The van der Waals surface area contributed by atoms with Crippen molar-refractivity contribution in [3.63, 3.8) is 0 Å². The third kappa shape index (κ3) is 4.51. The Labute approximate surface area is 164 Å². The first-order valence-corrected chi connectivity index (χ1v) is 10.4. The number of rotatable bonds is 7. The number of carbonyl (C=O) groups is 1. The number of hydrogen-bond acceptors (Lipinski definition) is 5. The molecule has 2 heterocycles. The van der Waals surface area contributed by atoms with E-state index in [1.54, 1.807) is 16.2 Å². The number of carbonyl (C=O) groups excluding carboxylic acids is 1. The molecule has 1 aliphatic heterocycles. The maximum atomic E-state index is 13.0. The van der Waals surface area contributed by atoms with Crippen molar-refractivity contribution < 1.29 is 14.3 Å². The van der Waals surface area contributed by atoms with Crippen LogP contribution in [0, 0.1) is 0 Å². The largest absolute Gasteiger partial charge is 0.378 e. The molecular formula is C21H26N2O3S. The van der Waals surface area contributed by atoms with Gasteiger partial charge in [0.2, 0.25) is 0 Å². The maximum absolute atomic E-state index is 13.0. The van der Waals surface area contributed by atoms with Crippen molar-refractivity contribution in [1.29, 1.82) is 0 Å². The molecule has 1 aliphatic carbocycles. The van der Waals surface area contributed by atoms with Crippen molar-refractivity contribution in [2.24, 2.45) is 0 Å². The summed E-state index contributed by atoms with van der Waals surface area (Å²) in [7, 11) is 1.86. The lowest BCUT2D eigenvalue weighted by molar-refractivity contribution is 0.0672. The van der Waals surface area contributed by atoms with Gasteiger partial charge in [-0.15, -0.1) is 11.3 Å². The number of anilines is 1. The van der Waals surface area contributed by atoms with E-state index in [4.69, 9.17) is 9.47 Å². The molecule has 0 unspecified atom stereocenters. The van der Waals surface area contributed by atoms with E-state index in [0.29, 0.717) is 19.3 Å². The number of ether oxygens (including phenoxy) is 2. The van der Waals surface area contributed by atoms with Gasteiger partial charge in [0.1, 0.15) is 0 Å². The molecule has 27 heavy (non-hydrogen) atoms. The molecular weight excluding hydrogens is 360 g/mol. The maximum Gasteiger partial charge on any atom is 0.263 e. The Kier molecular flexibility index (Phi) is 5.76. The Bertz CT molecular complexity index is 767. The van der Waals surface area contributed by atoms with Crippen LogP contribution >= 0.6 is 11.3 Å². The molecule has 1 aromatic heterocycles. The van der Waals surface area contributed by atoms with Crippen LogP contribution in [0.2, 0.25) is 0 Å². The Hall–Kier alpha value is -1.89. The molecule has 0 radical (unpaired) electrons. The van der Waals surface area contributed by atoms with Crippen LogP contribution in [-0.4, -0.2) is 63.4 Å². The van der Waals surface area contributed by atoms with Gasteiger partial charge in [-0.25, -0.2) is 0 Å². The van der Waals surface area contributed by atoms with E-state index in [-0.39, 0.29) is 5.91 Å². The Morgan fingerprint density at radius 3 is 2.70 bits per heavy atom. The number of amides is 1. The minimum atomic E-state index is 0.0658. The van der Waals surface area contributed by atoms with E-state index in [1.165, 1.54) is 0 Å². The standard InChI is InChI=1S/C21H26N2O3S/c1-22(9-14-26-17-7-8-17)20(24)19-15-18(16-5-3-2-4-6-16)21(27-19)23-10-12-25-13-11-23/h2-6,15,17H,7-14H2,1H3. The van der Waals surface area contributed by atoms with Crippen LogP contribution in [0.4, 0.5) is 5.00 Å². The first-order chi connectivity index (χ1) is 13.2. The monoisotopic (exact) mass is 386 g/mol. The molecule has 2 aromatic rings. The van der Waals surface area contributed by atoms with Gasteiger partial charge in [0, 0.05) is 32.2 Å². The second-order valence-electron chi connectivity index (χ2n) is 7.09. The molecule has 0 bridgehead atoms. The number of benzene rings is 1. The zero-order chi connectivity index (χ0) is 18.6. The van der Waals surface area contributed by atoms with Gasteiger partial charge >= 0.3 is 0 Å². The van der Waals surface area contributed by atoms with Gasteiger partial charge in [0.25, 0.3) is 5.91 Å². The topological polar surface area (TPSA) is 42.0 Å². The Morgan fingerprint density at radius 1 is 1.26 bits per heavy atom. The summed E-state index contributed by atoms with van der Waals surface area (Å²) < 4.78 is 11.2. The lowest BCUT2D eigenvalue weighted by Crippen LogP contribution is -2.35. The number of nitrogens with zero attached hydrogens (tertiary/aromatic N) is 2. The lowest BCUT2D eigenvalue weighted by atomic mass is 10.1. The fourth-order valence-electron chi connectivity index (χ4n) is 3.19. The summed E-state index contributed by atoms with van der Waals surface area (Å²) in [6.45, 7) is 4.42. The van der Waals surface area contributed by atoms with Crippen LogP contribution in [0.25, 0.3) is 11.1 Å². The Morgan fingerprint density at radius 2 is 2.00 bits per heavy atom. The van der Waals surface area contributed by atoms with E-state index in [2.05, 4.69) is 17.0 Å². The minimum absolute atomic E-state index is 0.0658. The van der Waals surface area contributed by atoms with E-state index in [0.717, 1.165) is 60.2 Å². The van der Waals surface area contributed by atoms with Gasteiger partial charge < -0.3 is 19.3 Å². The molecule has 144 valence electrons. The van der Waals surface area contributed by atoms with Crippen LogP contribution < -0.4 is 4.90 Å². The molecule has 2 aliphatic rings. The number of morpholine rings is 1. The molecule has 0 atom stereocenters. The van der Waals surface area contributed by atoms with Crippen molar-refractivity contribution in [2.45, 2.75) is 18.9 Å². The summed E-state index contributed by atoms with van der Waals surface area (Å²) in [5.41, 5.74) is 2.28. The predicted molar refractivity (Wildman–Crippen MR) is 109 cm³/mol. The van der Waals surface area contributed by atoms with Crippen LogP contribution in [0.5, 0.6) is 0 Å². The van der Waals surface area contributed by atoms with Gasteiger partial charge in [-0.05, 0) is 24.5 Å². The third-order valence-electron chi connectivity index (χ3n) is 4.96. The molecule has 5 nitrogen and oxygen atoms in total. The third-order valence-corrected chi connectivity index (χ3v) is 6.14. The molecule has 0 spiro atoms. The zero-order valence-electron chi connectivity index (χ0n) is 15.7. The summed E-state index contributed by atoms with van der Waals surface area (Å²) in [5.74, 6) is 0.0658. The zero-order valence-corrected chi connectivity index (χ0v) is 16.5. The Balaban J connectivity index is 1.54. The molecule has 1 saturated heterocycles. The van der Waals surface area contributed by atoms with Crippen molar-refractivity contribution in [3.05, 3.63) is 41.3 Å². The van der Waals surface area contributed by atoms with Crippen LogP contribution in [0.1, 0.15) is 22.5 Å². The molecule has 1 saturated carbocycles. The van der Waals surface area contributed by atoms with E-state index in [9.17, 15) is 4.79 Å². The van der Waals surface area contributed by atoms with Gasteiger partial charge in [0.15, 0.2) is 0 Å². The fraction of sp³-hybridized carbons (Fsp3) is 0.476. The quantitative estimate of drug-likeness (QED) is 0.730. The highest BCUT2D eigenvalue weighted by atomic mass is 32.1. The molecule has 0 N–H and O–H groups in total. The average Bonchev–Trinajstić information content (AvgIpc) is 3.43. The van der Waals surface area contributed by atoms with Crippen molar-refractivity contribution in [1.82, 2.24) is 4.90 Å². The van der Waals surface area contributed by atoms with Gasteiger partial charge in [0.05, 0.1) is 35.8 Å². The first kappa shape index (κ1) is 18.5. The second-order valence-corrected chi connectivity index (χ2v) is 8.12. The molecule has 6 heteroatoms. The summed E-state index contributed by atoms with van der Waals surface area (Å²) in [4.78, 5) is 17.8. The second kappa shape index (κ2) is 8.42. The minimum Gasteiger partial charge on any atom is -0.378 e. The molecule has 1 amide bonds. The van der Waals surface area contributed by atoms with Crippen LogP contribution in [0.3, 0.4) is 0 Å². The summed E-state index contributed by atoms with van der Waals surface area (Å²) >= 11 is 1.59. The summed E-state index contributed by atoms with van der Waals surface area (Å²) in [6.07, 6.45) is 2.74. The van der Waals surface area contributed by atoms with E-state index < -0.39 is 0 Å². The SMILES string of the molecule is CN(CCOC1CC1)C(=O)c1cc(-c2ccccc2)c(N2CCOCC2)s1. The molecule has 2 fully saturated rings. The van der Waals surface area contributed by atoms with Crippen molar-refractivity contribution in [3.8, 4) is 11.1 Å². The number of likely N-dealkylation sites (N-methyl/N-ethyl adjacent to an activating group) is 1. The van der Waals surface area contributed by atoms with Gasteiger partial charge in [-0.2, -0.15) is 0 Å². The fourth-order valence-corrected chi connectivity index (χ4v) is 4.42. The van der Waals surface area contributed by atoms with E-state index >= 15 is 0 Å². The van der Waals surface area contributed by atoms with Crippen LogP contribution in [-0.2, 0) is 9.47 Å². The summed E-state index contributed by atoms with van der Waals surface area (Å²) in [6, 6.07) is 12.4. The van der Waals surface area contributed by atoms with Gasteiger partial charge in [-0.1, -0.05) is 30.3 Å². The lowest BCUT2D eigenvalue weighted by Gasteiger charge is -2.28. The smallest absolute Gasteiger partial charge is 0.263 e. The summed E-state index contributed by atoms with van der Waals surface area (Å²) in [5, 5.41) is 1.16. The predicted octanol–water partition coefficient (Wildman–Crippen LogP) is 3.50. The highest BCUT2D eigenvalue weighted by molar-refractivity contribution is 7.18. The number of hydrogen-bond donors (Lipinski definition) is 0. The first-order valence-electron chi connectivity index (χ1n) is 9.61. The highest BCUT2D eigenvalue weighted by Crippen LogP contribution is 2.39. The average molecular weight is 387 g/mol. The van der Waals surface area contributed by atoms with Gasteiger partial charge in [-0.3, -0.25) is 4.79 Å². The van der Waals surface area contributed by atoms with Crippen molar-refractivity contribution >= 4 is 22.2 Å². The normalized spacial score (nSPS) is 17.1.